The van der Waals surface area contributed by atoms with Crippen LogP contribution in [0.1, 0.15) is 20.8 Å². The molecule has 2 nitrogen and oxygen atoms in total. The highest BCUT2D eigenvalue weighted by molar-refractivity contribution is 4.78. The predicted molar refractivity (Wildman–Crippen MR) is 46.0 cm³/mol. The Morgan fingerprint density at radius 2 is 1.70 bits per heavy atom. The van der Waals surface area contributed by atoms with Gasteiger partial charge in [-0.3, -0.25) is 0 Å². The molecule has 0 radical (unpaired) electrons. The van der Waals surface area contributed by atoms with Crippen molar-refractivity contribution in [2.24, 2.45) is 11.1 Å². The fraction of sp³-hybridized carbons (Fsp3) is 1.00. The average molecular weight is 144 g/mol. The van der Waals surface area contributed by atoms with Crippen LogP contribution in [0.3, 0.4) is 0 Å². The number of nitrogens with zero attached hydrogens (tertiary/aromatic N) is 1. The van der Waals surface area contributed by atoms with Gasteiger partial charge in [-0.1, -0.05) is 20.8 Å². The lowest BCUT2D eigenvalue weighted by atomic mass is 9.87. The molecule has 0 aromatic rings. The summed E-state index contributed by atoms with van der Waals surface area (Å²) in [4.78, 5) is 2.12. The monoisotopic (exact) mass is 144 g/mol. The summed E-state index contributed by atoms with van der Waals surface area (Å²) >= 11 is 0. The summed E-state index contributed by atoms with van der Waals surface area (Å²) in [6.45, 7) is 7.47. The molecule has 62 valence electrons. The van der Waals surface area contributed by atoms with E-state index in [0.29, 0.717) is 0 Å². The van der Waals surface area contributed by atoms with Crippen molar-refractivity contribution in [3.05, 3.63) is 0 Å². The maximum atomic E-state index is 5.91. The first-order chi connectivity index (χ1) is 4.34. The number of likely N-dealkylation sites (N-methyl/N-ethyl adjacent to an activating group) is 1. The van der Waals surface area contributed by atoms with Crippen molar-refractivity contribution in [2.45, 2.75) is 26.8 Å². The van der Waals surface area contributed by atoms with E-state index in [-0.39, 0.29) is 11.5 Å². The molecule has 0 aliphatic carbocycles. The summed E-state index contributed by atoms with van der Waals surface area (Å²) in [5.74, 6) is 0. The molecule has 0 bridgehead atoms. The Kier molecular flexibility index (Phi) is 3.33. The third kappa shape index (κ3) is 3.85. The minimum atomic E-state index is 0.226. The van der Waals surface area contributed by atoms with Crippen LogP contribution in [0.5, 0.6) is 0 Å². The van der Waals surface area contributed by atoms with Gasteiger partial charge in [0.2, 0.25) is 0 Å². The van der Waals surface area contributed by atoms with Gasteiger partial charge in [-0.2, -0.15) is 0 Å². The molecule has 0 heterocycles. The molecule has 10 heavy (non-hydrogen) atoms. The van der Waals surface area contributed by atoms with Crippen LogP contribution in [0.25, 0.3) is 0 Å². The maximum absolute atomic E-state index is 5.91. The van der Waals surface area contributed by atoms with Crippen LogP contribution < -0.4 is 5.73 Å². The Hall–Kier alpha value is -0.0800. The van der Waals surface area contributed by atoms with E-state index < -0.39 is 0 Å². The Bertz CT molecular complexity index is 91.9. The molecule has 0 aromatic carbocycles. The number of hydrogen-bond acceptors (Lipinski definition) is 2. The molecule has 0 amide bonds. The van der Waals surface area contributed by atoms with Gasteiger partial charge in [0.25, 0.3) is 0 Å². The molecular weight excluding hydrogens is 124 g/mol. The second-order valence-electron chi connectivity index (χ2n) is 4.23. The summed E-state index contributed by atoms with van der Waals surface area (Å²) in [5, 5.41) is 0. The molecule has 0 rings (SSSR count). The van der Waals surface area contributed by atoms with E-state index in [2.05, 4.69) is 25.7 Å². The zero-order valence-electron chi connectivity index (χ0n) is 7.81. The van der Waals surface area contributed by atoms with Gasteiger partial charge in [0, 0.05) is 12.6 Å². The van der Waals surface area contributed by atoms with Gasteiger partial charge in [-0.15, -0.1) is 0 Å². The lowest BCUT2D eigenvalue weighted by molar-refractivity contribution is 0.251. The largest absolute Gasteiger partial charge is 0.326 e. The molecule has 2 heteroatoms. The highest BCUT2D eigenvalue weighted by atomic mass is 15.1. The zero-order chi connectivity index (χ0) is 8.36. The van der Waals surface area contributed by atoms with E-state index in [4.69, 9.17) is 5.73 Å². The fourth-order valence-electron chi connectivity index (χ4n) is 0.667. The quantitative estimate of drug-likeness (QED) is 0.624. The van der Waals surface area contributed by atoms with Crippen molar-refractivity contribution in [1.29, 1.82) is 0 Å². The van der Waals surface area contributed by atoms with Crippen LogP contribution in [0.4, 0.5) is 0 Å². The summed E-state index contributed by atoms with van der Waals surface area (Å²) < 4.78 is 0. The van der Waals surface area contributed by atoms with Crippen LogP contribution in [-0.4, -0.2) is 31.6 Å². The standard InChI is InChI=1S/C8H20N2/c1-8(2,3)7(9)6-10(4)5/h7H,6,9H2,1-5H3/t7-/m0/s1. The van der Waals surface area contributed by atoms with Crippen molar-refractivity contribution in [3.63, 3.8) is 0 Å². The van der Waals surface area contributed by atoms with Crippen molar-refractivity contribution < 1.29 is 0 Å². The number of rotatable bonds is 2. The molecule has 1 atom stereocenters. The second kappa shape index (κ2) is 3.35. The van der Waals surface area contributed by atoms with E-state index in [1.54, 1.807) is 0 Å². The van der Waals surface area contributed by atoms with Crippen molar-refractivity contribution >= 4 is 0 Å². The first-order valence-corrected chi connectivity index (χ1v) is 3.74. The molecule has 0 aliphatic rings. The molecule has 2 N–H and O–H groups in total. The minimum Gasteiger partial charge on any atom is -0.326 e. The summed E-state index contributed by atoms with van der Waals surface area (Å²) in [7, 11) is 4.09. The highest BCUT2D eigenvalue weighted by Crippen LogP contribution is 2.17. The SMILES string of the molecule is CN(C)C[C@H](N)C(C)(C)C. The van der Waals surface area contributed by atoms with Gasteiger partial charge in [0.1, 0.15) is 0 Å². The first-order valence-electron chi connectivity index (χ1n) is 3.74. The Morgan fingerprint density at radius 1 is 1.30 bits per heavy atom. The predicted octanol–water partition coefficient (Wildman–Crippen LogP) is 0.921. The van der Waals surface area contributed by atoms with E-state index >= 15 is 0 Å². The fourth-order valence-corrected chi connectivity index (χ4v) is 0.667. The van der Waals surface area contributed by atoms with Crippen molar-refractivity contribution in [3.8, 4) is 0 Å². The van der Waals surface area contributed by atoms with E-state index in [0.717, 1.165) is 6.54 Å². The molecule has 0 aromatic heterocycles. The van der Waals surface area contributed by atoms with Crippen LogP contribution in [-0.2, 0) is 0 Å². The number of nitrogens with two attached hydrogens (primary N) is 1. The summed E-state index contributed by atoms with van der Waals surface area (Å²) in [6.07, 6.45) is 0. The van der Waals surface area contributed by atoms with Gasteiger partial charge in [0.05, 0.1) is 0 Å². The Morgan fingerprint density at radius 3 is 1.80 bits per heavy atom. The third-order valence-corrected chi connectivity index (χ3v) is 1.67. The molecule has 0 unspecified atom stereocenters. The van der Waals surface area contributed by atoms with Crippen molar-refractivity contribution in [1.82, 2.24) is 4.90 Å². The Balaban J connectivity index is 3.73. The topological polar surface area (TPSA) is 29.3 Å². The molecule has 0 saturated carbocycles. The van der Waals surface area contributed by atoms with Gasteiger partial charge >= 0.3 is 0 Å². The molecule has 0 saturated heterocycles. The normalized spacial score (nSPS) is 15.9. The van der Waals surface area contributed by atoms with E-state index in [1.807, 2.05) is 14.1 Å². The molecule has 0 spiro atoms. The molecular formula is C8H20N2. The van der Waals surface area contributed by atoms with Crippen LogP contribution in [0.15, 0.2) is 0 Å². The first kappa shape index (κ1) is 9.92. The van der Waals surface area contributed by atoms with Crippen LogP contribution >= 0.6 is 0 Å². The lowest BCUT2D eigenvalue weighted by Gasteiger charge is -2.29. The summed E-state index contributed by atoms with van der Waals surface area (Å²) in [6, 6.07) is 0.266. The summed E-state index contributed by atoms with van der Waals surface area (Å²) in [5.41, 5.74) is 6.14. The van der Waals surface area contributed by atoms with Gasteiger partial charge in [0.15, 0.2) is 0 Å². The molecule has 0 fully saturated rings. The van der Waals surface area contributed by atoms with Crippen LogP contribution in [0, 0.1) is 5.41 Å². The smallest absolute Gasteiger partial charge is 0.0216 e. The van der Waals surface area contributed by atoms with Crippen molar-refractivity contribution in [2.75, 3.05) is 20.6 Å². The lowest BCUT2D eigenvalue weighted by Crippen LogP contribution is -2.43. The van der Waals surface area contributed by atoms with Gasteiger partial charge in [-0.05, 0) is 19.5 Å². The Labute approximate surface area is 64.4 Å². The van der Waals surface area contributed by atoms with Crippen LogP contribution in [0.2, 0.25) is 0 Å². The number of hydrogen-bond donors (Lipinski definition) is 1. The third-order valence-electron chi connectivity index (χ3n) is 1.67. The van der Waals surface area contributed by atoms with Gasteiger partial charge in [-0.25, -0.2) is 0 Å². The van der Waals surface area contributed by atoms with E-state index in [1.165, 1.54) is 0 Å². The van der Waals surface area contributed by atoms with Gasteiger partial charge < -0.3 is 10.6 Å². The average Bonchev–Trinajstić information content (AvgIpc) is 1.60. The zero-order valence-corrected chi connectivity index (χ0v) is 7.81. The molecule has 0 aliphatic heterocycles. The van der Waals surface area contributed by atoms with E-state index in [9.17, 15) is 0 Å². The second-order valence-corrected chi connectivity index (χ2v) is 4.23. The maximum Gasteiger partial charge on any atom is 0.0216 e. The minimum absolute atomic E-state index is 0.226. The highest BCUT2D eigenvalue weighted by Gasteiger charge is 2.20.